The molecule has 2 amide bonds. The van der Waals surface area contributed by atoms with Crippen LogP contribution in [0.25, 0.3) is 11.1 Å². The van der Waals surface area contributed by atoms with Crippen LogP contribution in [0.3, 0.4) is 0 Å². The number of rotatable bonds is 7. The molecule has 2 aromatic carbocycles. The average Bonchev–Trinajstić information content (AvgIpc) is 3.26. The van der Waals surface area contributed by atoms with Gasteiger partial charge in [0.15, 0.2) is 0 Å². The van der Waals surface area contributed by atoms with Crippen LogP contribution in [-0.2, 0) is 19.0 Å². The number of ether oxygens (including phenoxy) is 3. The van der Waals surface area contributed by atoms with E-state index < -0.39 is 5.60 Å². The molecule has 1 aliphatic carbocycles. The molecule has 3 aliphatic rings. The largest absolute Gasteiger partial charge is 0.469 e. The summed E-state index contributed by atoms with van der Waals surface area (Å²) < 4.78 is 16.4. The van der Waals surface area contributed by atoms with Crippen LogP contribution in [0.2, 0.25) is 0 Å². The smallest absolute Gasteiger partial charge is 0.410 e. The fraction of sp³-hybridized carbons (Fsp3) is 0.545. The first-order valence-electron chi connectivity index (χ1n) is 14.8. The third-order valence-electron chi connectivity index (χ3n) is 8.67. The third-order valence-corrected chi connectivity index (χ3v) is 8.67. The van der Waals surface area contributed by atoms with Gasteiger partial charge in [-0.2, -0.15) is 0 Å². The van der Waals surface area contributed by atoms with E-state index in [0.717, 1.165) is 19.3 Å². The van der Waals surface area contributed by atoms with Crippen LogP contribution < -0.4 is 0 Å². The summed E-state index contributed by atoms with van der Waals surface area (Å²) in [6.45, 7) is 8.07. The lowest BCUT2D eigenvalue weighted by atomic mass is 9.72. The summed E-state index contributed by atoms with van der Waals surface area (Å²) in [7, 11) is 1.41. The van der Waals surface area contributed by atoms with Crippen LogP contribution in [0.5, 0.6) is 0 Å². The Labute approximate surface area is 242 Å². The summed E-state index contributed by atoms with van der Waals surface area (Å²) in [6.07, 6.45) is 2.45. The highest BCUT2D eigenvalue weighted by molar-refractivity contribution is 5.79. The van der Waals surface area contributed by atoms with E-state index in [1.807, 2.05) is 49.9 Å². The number of benzene rings is 2. The number of hydrogen-bond donors (Lipinski definition) is 0. The van der Waals surface area contributed by atoms with Gasteiger partial charge in [0.2, 0.25) is 0 Å². The number of methoxy groups -OCH3 is 1. The van der Waals surface area contributed by atoms with Crippen molar-refractivity contribution in [3.63, 3.8) is 0 Å². The summed E-state index contributed by atoms with van der Waals surface area (Å²) >= 11 is 0. The Morgan fingerprint density at radius 1 is 0.805 bits per heavy atom. The zero-order chi connectivity index (χ0) is 29.1. The van der Waals surface area contributed by atoms with Crippen LogP contribution in [0.4, 0.5) is 9.59 Å². The maximum absolute atomic E-state index is 13.4. The lowest BCUT2D eigenvalue weighted by Crippen LogP contribution is -2.60. The minimum absolute atomic E-state index is 0.0147. The highest BCUT2D eigenvalue weighted by atomic mass is 16.6. The summed E-state index contributed by atoms with van der Waals surface area (Å²) in [6, 6.07) is 16.7. The molecule has 5 rings (SSSR count). The Morgan fingerprint density at radius 2 is 1.34 bits per heavy atom. The van der Waals surface area contributed by atoms with Crippen molar-refractivity contribution in [1.82, 2.24) is 9.80 Å². The molecule has 41 heavy (non-hydrogen) atoms. The Kier molecular flexibility index (Phi) is 8.57. The number of esters is 1. The van der Waals surface area contributed by atoms with Crippen molar-refractivity contribution in [2.45, 2.75) is 58.0 Å². The minimum atomic E-state index is -0.565. The number of piperidine rings is 2. The second-order valence-electron chi connectivity index (χ2n) is 12.6. The minimum Gasteiger partial charge on any atom is -0.469 e. The van der Waals surface area contributed by atoms with Crippen molar-refractivity contribution in [3.8, 4) is 11.1 Å². The van der Waals surface area contributed by atoms with Gasteiger partial charge in [-0.15, -0.1) is 0 Å². The standard InChI is InChI=1S/C33H42N2O6/c1-33(2,3)41-32(38)35-19-22-17-34(18-23(20-35)24(22)11-9-10-16-30(36)39-4)31(37)40-21-29-27-14-7-5-12-25(27)26-13-6-8-15-28(26)29/h5-8,12-15,22-24,29H,9-11,16-21H2,1-4H3. The van der Waals surface area contributed by atoms with Crippen molar-refractivity contribution in [2.24, 2.45) is 17.8 Å². The molecule has 2 bridgehead atoms. The molecular weight excluding hydrogens is 520 g/mol. The molecule has 2 atom stereocenters. The van der Waals surface area contributed by atoms with E-state index in [4.69, 9.17) is 14.2 Å². The molecule has 8 nitrogen and oxygen atoms in total. The Bertz CT molecular complexity index is 1210. The number of unbranched alkanes of at least 4 members (excludes halogenated alkanes) is 1. The number of carbonyl (C=O) groups is 3. The number of carbonyl (C=O) groups excluding carboxylic acids is 3. The molecule has 2 aliphatic heterocycles. The van der Waals surface area contributed by atoms with Gasteiger partial charge in [-0.05, 0) is 73.6 Å². The third kappa shape index (κ3) is 6.52. The fourth-order valence-electron chi connectivity index (χ4n) is 6.86. The second kappa shape index (κ2) is 12.1. The van der Waals surface area contributed by atoms with Gasteiger partial charge in [0, 0.05) is 38.5 Å². The Morgan fingerprint density at radius 3 is 1.88 bits per heavy atom. The summed E-state index contributed by atoms with van der Waals surface area (Å²) in [5.41, 5.74) is 4.22. The van der Waals surface area contributed by atoms with Crippen LogP contribution in [-0.4, -0.2) is 73.5 Å². The fourth-order valence-corrected chi connectivity index (χ4v) is 6.86. The number of hydrogen-bond acceptors (Lipinski definition) is 6. The first-order valence-corrected chi connectivity index (χ1v) is 14.8. The van der Waals surface area contributed by atoms with Gasteiger partial charge < -0.3 is 24.0 Å². The quantitative estimate of drug-likeness (QED) is 0.231. The topological polar surface area (TPSA) is 85.4 Å². The van der Waals surface area contributed by atoms with Gasteiger partial charge in [-0.3, -0.25) is 4.79 Å². The molecule has 0 N–H and O–H groups in total. The van der Waals surface area contributed by atoms with Gasteiger partial charge in [-0.25, -0.2) is 9.59 Å². The maximum Gasteiger partial charge on any atom is 0.410 e. The number of nitrogens with zero attached hydrogens (tertiary/aromatic N) is 2. The number of amides is 2. The highest BCUT2D eigenvalue weighted by Gasteiger charge is 2.45. The zero-order valence-corrected chi connectivity index (χ0v) is 24.6. The normalized spacial score (nSPS) is 21.6. The van der Waals surface area contributed by atoms with Gasteiger partial charge in [0.1, 0.15) is 12.2 Å². The summed E-state index contributed by atoms with van der Waals surface area (Å²) in [4.78, 5) is 41.6. The summed E-state index contributed by atoms with van der Waals surface area (Å²) in [5.74, 6) is 0.429. The molecule has 220 valence electrons. The monoisotopic (exact) mass is 562 g/mol. The van der Waals surface area contributed by atoms with Crippen LogP contribution in [0.1, 0.15) is 63.5 Å². The molecule has 0 aromatic heterocycles. The van der Waals surface area contributed by atoms with Gasteiger partial charge in [-0.1, -0.05) is 55.0 Å². The molecule has 2 fully saturated rings. The Hall–Kier alpha value is -3.55. The Balaban J connectivity index is 1.24. The first-order chi connectivity index (χ1) is 19.6. The molecular formula is C33H42N2O6. The molecule has 0 spiro atoms. The predicted molar refractivity (Wildman–Crippen MR) is 155 cm³/mol. The van der Waals surface area contributed by atoms with Crippen LogP contribution in [0, 0.1) is 17.8 Å². The average molecular weight is 563 g/mol. The van der Waals surface area contributed by atoms with Gasteiger partial charge in [0.25, 0.3) is 0 Å². The molecule has 0 radical (unpaired) electrons. The van der Waals surface area contributed by atoms with Crippen molar-refractivity contribution < 1.29 is 28.6 Å². The van der Waals surface area contributed by atoms with Crippen molar-refractivity contribution in [3.05, 3.63) is 59.7 Å². The number of likely N-dealkylation sites (tertiary alicyclic amines) is 2. The van der Waals surface area contributed by atoms with E-state index in [2.05, 4.69) is 24.3 Å². The SMILES string of the molecule is COC(=O)CCCCC1C2CN(C(=O)OCC3c4ccccc4-c4ccccc43)CC1CN(C(=O)OC(C)(C)C)C2. The highest BCUT2D eigenvalue weighted by Crippen LogP contribution is 2.45. The lowest BCUT2D eigenvalue weighted by molar-refractivity contribution is -0.140. The first kappa shape index (κ1) is 29.0. The van der Waals surface area contributed by atoms with E-state index in [-0.39, 0.29) is 35.9 Å². The van der Waals surface area contributed by atoms with Crippen molar-refractivity contribution in [1.29, 1.82) is 0 Å². The van der Waals surface area contributed by atoms with E-state index in [1.165, 1.54) is 29.4 Å². The van der Waals surface area contributed by atoms with E-state index in [9.17, 15) is 14.4 Å². The van der Waals surface area contributed by atoms with Gasteiger partial charge in [0.05, 0.1) is 7.11 Å². The molecule has 2 aromatic rings. The molecule has 8 heteroatoms. The maximum atomic E-state index is 13.4. The second-order valence-corrected chi connectivity index (χ2v) is 12.6. The van der Waals surface area contributed by atoms with Crippen LogP contribution in [0.15, 0.2) is 48.5 Å². The number of fused-ring (bicyclic) bond motifs is 5. The molecule has 2 heterocycles. The molecule has 0 saturated carbocycles. The molecule has 2 saturated heterocycles. The van der Waals surface area contributed by atoms with E-state index >= 15 is 0 Å². The van der Waals surface area contributed by atoms with Crippen LogP contribution >= 0.6 is 0 Å². The van der Waals surface area contributed by atoms with Gasteiger partial charge >= 0.3 is 18.2 Å². The summed E-state index contributed by atoms with van der Waals surface area (Å²) in [5, 5.41) is 0. The van der Waals surface area contributed by atoms with E-state index in [1.54, 1.807) is 4.90 Å². The molecule has 2 unspecified atom stereocenters. The lowest BCUT2D eigenvalue weighted by Gasteiger charge is -2.50. The van der Waals surface area contributed by atoms with E-state index in [0.29, 0.717) is 45.1 Å². The van der Waals surface area contributed by atoms with Crippen molar-refractivity contribution >= 4 is 18.2 Å². The predicted octanol–water partition coefficient (Wildman–Crippen LogP) is 6.08. The zero-order valence-electron chi connectivity index (χ0n) is 24.6. The van der Waals surface area contributed by atoms with Crippen molar-refractivity contribution in [2.75, 3.05) is 39.9 Å².